The Labute approximate surface area is 232 Å². The zero-order valence-corrected chi connectivity index (χ0v) is 22.7. The van der Waals surface area contributed by atoms with Gasteiger partial charge in [-0.1, -0.05) is 48.2 Å². The quantitative estimate of drug-likeness (QED) is 0.368. The summed E-state index contributed by atoms with van der Waals surface area (Å²) in [5.41, 5.74) is 8.06. The fourth-order valence-corrected chi connectivity index (χ4v) is 6.85. The molecule has 3 aromatic rings. The molecule has 1 N–H and O–H groups in total. The molecule has 38 heavy (non-hydrogen) atoms. The van der Waals surface area contributed by atoms with E-state index in [4.69, 9.17) is 28.3 Å². The Morgan fingerprint density at radius 2 is 1.71 bits per heavy atom. The molecule has 1 amide bonds. The van der Waals surface area contributed by atoms with Gasteiger partial charge >= 0.3 is 0 Å². The summed E-state index contributed by atoms with van der Waals surface area (Å²) in [7, 11) is 0. The number of allylic oxidation sites excluding steroid dienone is 1. The van der Waals surface area contributed by atoms with Crippen LogP contribution in [0.1, 0.15) is 72.3 Å². The van der Waals surface area contributed by atoms with Crippen LogP contribution in [0.4, 0.5) is 4.39 Å². The topological polar surface area (TPSA) is 50.2 Å². The average molecular weight is 554 g/mol. The molecule has 2 aliphatic carbocycles. The van der Waals surface area contributed by atoms with Crippen molar-refractivity contribution in [1.29, 1.82) is 0 Å². The van der Waals surface area contributed by atoms with E-state index in [9.17, 15) is 9.18 Å². The molecule has 2 unspecified atom stereocenters. The van der Waals surface area contributed by atoms with Crippen molar-refractivity contribution >= 4 is 40.8 Å². The van der Waals surface area contributed by atoms with Gasteiger partial charge in [-0.2, -0.15) is 5.10 Å². The van der Waals surface area contributed by atoms with Gasteiger partial charge in [-0.15, -0.1) is 0 Å². The maximum absolute atomic E-state index is 13.7. The van der Waals surface area contributed by atoms with Crippen LogP contribution in [0.15, 0.2) is 42.5 Å². The fourth-order valence-electron chi connectivity index (χ4n) is 6.36. The fraction of sp³-hybridized carbons (Fsp3) is 0.400. The van der Waals surface area contributed by atoms with E-state index in [2.05, 4.69) is 16.5 Å². The molecule has 198 valence electrons. The number of hydrogen-bond acceptors (Lipinski definition) is 3. The molecular weight excluding hydrogens is 522 g/mol. The number of benzene rings is 2. The van der Waals surface area contributed by atoms with Gasteiger partial charge in [-0.25, -0.2) is 14.1 Å². The first-order chi connectivity index (χ1) is 18.5. The lowest BCUT2D eigenvalue weighted by Gasteiger charge is -2.19. The Morgan fingerprint density at radius 1 is 0.974 bits per heavy atom. The second kappa shape index (κ2) is 10.8. The van der Waals surface area contributed by atoms with Gasteiger partial charge in [0, 0.05) is 23.7 Å². The Kier molecular flexibility index (Phi) is 7.30. The summed E-state index contributed by atoms with van der Waals surface area (Å²) < 4.78 is 15.4. The minimum atomic E-state index is -0.270. The van der Waals surface area contributed by atoms with Crippen LogP contribution in [-0.2, 0) is 6.42 Å². The number of nitrogens with zero attached hydrogens (tertiary/aromatic N) is 3. The Hall–Kier alpha value is -2.67. The van der Waals surface area contributed by atoms with Crippen LogP contribution in [0.2, 0.25) is 10.0 Å². The molecule has 1 aliphatic heterocycles. The number of carbonyl (C=O) groups excluding carboxylic acids is 1. The standard InChI is InChI=1S/C30H31Cl2FN4O/c31-23-11-14-27(26(32)16-23)37-29-20(15-19-9-12-24(33)13-10-19)5-2-1-3-8-25(29)28(34-37)30(38)35-36-17-21-6-4-7-22(21)18-36/h9-16,21-22H,1-8,17-18H2,(H,35,38)/b20-15+. The van der Waals surface area contributed by atoms with Crippen LogP contribution >= 0.6 is 23.2 Å². The van der Waals surface area contributed by atoms with Gasteiger partial charge in [0.1, 0.15) is 5.82 Å². The summed E-state index contributed by atoms with van der Waals surface area (Å²) in [4.78, 5) is 13.7. The predicted octanol–water partition coefficient (Wildman–Crippen LogP) is 7.35. The first-order valence-corrected chi connectivity index (χ1v) is 14.3. The maximum Gasteiger partial charge on any atom is 0.286 e. The van der Waals surface area contributed by atoms with E-state index >= 15 is 0 Å². The number of rotatable bonds is 4. The smallest absolute Gasteiger partial charge is 0.283 e. The van der Waals surface area contributed by atoms with Crippen LogP contribution in [0.5, 0.6) is 0 Å². The average Bonchev–Trinajstić information content (AvgIpc) is 3.56. The molecule has 2 fully saturated rings. The van der Waals surface area contributed by atoms with Crippen LogP contribution < -0.4 is 5.43 Å². The van der Waals surface area contributed by atoms with Gasteiger partial charge in [0.2, 0.25) is 0 Å². The monoisotopic (exact) mass is 552 g/mol. The number of amides is 1. The summed E-state index contributed by atoms with van der Waals surface area (Å²) in [5.74, 6) is 0.901. The number of hydrogen-bond donors (Lipinski definition) is 1. The molecule has 0 bridgehead atoms. The highest BCUT2D eigenvalue weighted by Crippen LogP contribution is 2.38. The van der Waals surface area contributed by atoms with Gasteiger partial charge in [0.15, 0.2) is 5.69 Å². The molecule has 1 aromatic heterocycles. The predicted molar refractivity (Wildman–Crippen MR) is 150 cm³/mol. The first-order valence-electron chi connectivity index (χ1n) is 13.6. The minimum absolute atomic E-state index is 0.174. The van der Waals surface area contributed by atoms with E-state index in [0.717, 1.165) is 67.6 Å². The van der Waals surface area contributed by atoms with Crippen molar-refractivity contribution in [3.63, 3.8) is 0 Å². The molecule has 1 saturated heterocycles. The zero-order valence-electron chi connectivity index (χ0n) is 21.2. The van der Waals surface area contributed by atoms with Crippen molar-refractivity contribution in [2.45, 2.75) is 51.4 Å². The second-order valence-electron chi connectivity index (χ2n) is 10.8. The Morgan fingerprint density at radius 3 is 2.45 bits per heavy atom. The van der Waals surface area contributed by atoms with E-state index in [1.807, 2.05) is 10.7 Å². The Bertz CT molecular complexity index is 1370. The van der Waals surface area contributed by atoms with E-state index in [-0.39, 0.29) is 11.7 Å². The number of carbonyl (C=O) groups is 1. The van der Waals surface area contributed by atoms with Crippen LogP contribution in [0.3, 0.4) is 0 Å². The van der Waals surface area contributed by atoms with Crippen molar-refractivity contribution < 1.29 is 9.18 Å². The molecule has 8 heteroatoms. The highest BCUT2D eigenvalue weighted by atomic mass is 35.5. The van der Waals surface area contributed by atoms with Crippen molar-refractivity contribution in [2.75, 3.05) is 13.1 Å². The SMILES string of the molecule is O=C(NN1CC2CCCC2C1)c1nn(-c2ccc(Cl)cc2Cl)c2c1CCCCC/C2=C\c1ccc(F)cc1. The lowest BCUT2D eigenvalue weighted by Crippen LogP contribution is -2.41. The third-order valence-corrected chi connectivity index (χ3v) is 8.75. The van der Waals surface area contributed by atoms with Crippen LogP contribution in [0, 0.1) is 17.7 Å². The molecule has 2 atom stereocenters. The van der Waals surface area contributed by atoms with Crippen molar-refractivity contribution in [3.8, 4) is 5.69 Å². The lowest BCUT2D eigenvalue weighted by molar-refractivity contribution is 0.0807. The van der Waals surface area contributed by atoms with E-state index in [0.29, 0.717) is 33.3 Å². The van der Waals surface area contributed by atoms with Crippen molar-refractivity contribution in [2.24, 2.45) is 11.8 Å². The second-order valence-corrected chi connectivity index (χ2v) is 11.6. The number of aromatic nitrogens is 2. The van der Waals surface area contributed by atoms with E-state index in [1.165, 1.54) is 31.4 Å². The molecule has 1 saturated carbocycles. The third kappa shape index (κ3) is 5.14. The number of hydrazine groups is 1. The highest BCUT2D eigenvalue weighted by molar-refractivity contribution is 6.35. The van der Waals surface area contributed by atoms with Gasteiger partial charge in [-0.3, -0.25) is 10.2 Å². The zero-order chi connectivity index (χ0) is 26.2. The van der Waals surface area contributed by atoms with Crippen molar-refractivity contribution in [3.05, 3.63) is 80.8 Å². The molecule has 2 aromatic carbocycles. The minimum Gasteiger partial charge on any atom is -0.283 e. The van der Waals surface area contributed by atoms with Crippen molar-refractivity contribution in [1.82, 2.24) is 20.2 Å². The molecule has 3 aliphatic rings. The van der Waals surface area contributed by atoms with E-state index in [1.54, 1.807) is 24.3 Å². The molecule has 0 spiro atoms. The first kappa shape index (κ1) is 25.6. The maximum atomic E-state index is 13.7. The van der Waals surface area contributed by atoms with Gasteiger partial charge in [-0.05, 0) is 97.9 Å². The van der Waals surface area contributed by atoms with Crippen LogP contribution in [-0.4, -0.2) is 33.8 Å². The number of nitrogens with one attached hydrogen (secondary N) is 1. The van der Waals surface area contributed by atoms with Gasteiger partial charge in [0.05, 0.1) is 16.4 Å². The summed E-state index contributed by atoms with van der Waals surface area (Å²) in [6.45, 7) is 1.80. The summed E-state index contributed by atoms with van der Waals surface area (Å²) in [5, 5.41) is 7.98. The van der Waals surface area contributed by atoms with Crippen LogP contribution in [0.25, 0.3) is 17.3 Å². The number of fused-ring (bicyclic) bond motifs is 2. The highest BCUT2D eigenvalue weighted by Gasteiger charge is 2.37. The van der Waals surface area contributed by atoms with Gasteiger partial charge < -0.3 is 0 Å². The largest absolute Gasteiger partial charge is 0.286 e. The molecule has 5 nitrogen and oxygen atoms in total. The lowest BCUT2D eigenvalue weighted by atomic mass is 9.91. The molecule has 2 heterocycles. The number of halogens is 3. The summed E-state index contributed by atoms with van der Waals surface area (Å²) >= 11 is 12.9. The third-order valence-electron chi connectivity index (χ3n) is 8.21. The molecule has 0 radical (unpaired) electrons. The van der Waals surface area contributed by atoms with E-state index < -0.39 is 0 Å². The summed E-state index contributed by atoms with van der Waals surface area (Å²) in [6, 6.07) is 11.8. The Balaban J connectivity index is 1.45. The summed E-state index contributed by atoms with van der Waals surface area (Å²) in [6.07, 6.45) is 10.5. The molecular formula is C30H31Cl2FN4O. The molecule has 6 rings (SSSR count). The van der Waals surface area contributed by atoms with Gasteiger partial charge in [0.25, 0.3) is 5.91 Å². The normalized spacial score (nSPS) is 22.7.